The fourth-order valence-corrected chi connectivity index (χ4v) is 3.34. The number of furan rings is 1. The minimum absolute atomic E-state index is 0.0181. The van der Waals surface area contributed by atoms with E-state index in [1.807, 2.05) is 0 Å². The minimum atomic E-state index is -0.523. The summed E-state index contributed by atoms with van der Waals surface area (Å²) in [6.07, 6.45) is 9.55. The summed E-state index contributed by atoms with van der Waals surface area (Å²) in [5, 5.41) is 5.63. The molecule has 5 nitrogen and oxygen atoms in total. The van der Waals surface area contributed by atoms with Crippen LogP contribution in [0.2, 0.25) is 0 Å². The van der Waals surface area contributed by atoms with E-state index in [0.717, 1.165) is 31.6 Å². The van der Waals surface area contributed by atoms with E-state index in [4.69, 9.17) is 4.42 Å². The van der Waals surface area contributed by atoms with Crippen LogP contribution in [0.15, 0.2) is 22.8 Å². The molecule has 1 aliphatic carbocycles. The molecule has 0 radical (unpaired) electrons. The second kappa shape index (κ2) is 9.50. The molecule has 1 aromatic rings. The lowest BCUT2D eigenvalue weighted by atomic mass is 9.79. The lowest BCUT2D eigenvalue weighted by molar-refractivity contribution is -0.131. The number of carbonyl (C=O) groups excluding carboxylic acids is 2. The number of carbonyl (C=O) groups is 2. The molecule has 2 rings (SSSR count). The molecule has 1 aliphatic rings. The Morgan fingerprint density at radius 3 is 2.67 bits per heavy atom. The van der Waals surface area contributed by atoms with E-state index in [1.54, 1.807) is 25.3 Å². The van der Waals surface area contributed by atoms with Gasteiger partial charge in [0.05, 0.1) is 12.8 Å². The first-order valence-electron chi connectivity index (χ1n) is 9.20. The van der Waals surface area contributed by atoms with Gasteiger partial charge < -0.3 is 15.1 Å². The van der Waals surface area contributed by atoms with Crippen molar-refractivity contribution in [2.45, 2.75) is 71.4 Å². The Hall–Kier alpha value is -1.78. The summed E-state index contributed by atoms with van der Waals surface area (Å²) in [7, 11) is 0. The molecule has 0 aliphatic heterocycles. The van der Waals surface area contributed by atoms with Gasteiger partial charge in [-0.25, -0.2) is 0 Å². The largest absolute Gasteiger partial charge is 0.467 e. The maximum Gasteiger partial charge on any atom is 0.242 e. The van der Waals surface area contributed by atoms with Crippen LogP contribution < -0.4 is 10.6 Å². The number of rotatable bonds is 8. The molecule has 2 amide bonds. The summed E-state index contributed by atoms with van der Waals surface area (Å²) >= 11 is 0. The van der Waals surface area contributed by atoms with Gasteiger partial charge in [-0.1, -0.05) is 26.2 Å². The van der Waals surface area contributed by atoms with E-state index in [0.29, 0.717) is 12.3 Å². The second-order valence-corrected chi connectivity index (χ2v) is 6.89. The van der Waals surface area contributed by atoms with Crippen LogP contribution in [0.5, 0.6) is 0 Å². The van der Waals surface area contributed by atoms with Gasteiger partial charge in [0.1, 0.15) is 11.8 Å². The zero-order chi connectivity index (χ0) is 17.4. The first-order chi connectivity index (χ1) is 11.6. The van der Waals surface area contributed by atoms with Crippen LogP contribution in [0.4, 0.5) is 0 Å². The van der Waals surface area contributed by atoms with Crippen molar-refractivity contribution in [2.24, 2.45) is 11.8 Å². The van der Waals surface area contributed by atoms with Gasteiger partial charge in [-0.15, -0.1) is 0 Å². The summed E-state index contributed by atoms with van der Waals surface area (Å²) < 4.78 is 5.18. The molecule has 1 fully saturated rings. The van der Waals surface area contributed by atoms with Gasteiger partial charge in [-0.3, -0.25) is 9.59 Å². The molecule has 24 heavy (non-hydrogen) atoms. The molecule has 134 valence electrons. The number of hydrogen-bond donors (Lipinski definition) is 2. The summed E-state index contributed by atoms with van der Waals surface area (Å²) in [4.78, 5) is 24.4. The molecule has 2 N–H and O–H groups in total. The van der Waals surface area contributed by atoms with Crippen LogP contribution >= 0.6 is 0 Å². The standard InChI is InChI=1S/C19H30N2O3/c1-3-4-6-15-8-10-16(11-9-15)19(23)21-14(2)18(22)20-13-17-7-5-12-24-17/h5,7,12,14-16H,3-4,6,8-11,13H2,1-2H3,(H,20,22)(H,21,23). The predicted octanol–water partition coefficient (Wildman–Crippen LogP) is 3.40. The van der Waals surface area contributed by atoms with Crippen molar-refractivity contribution in [3.8, 4) is 0 Å². The van der Waals surface area contributed by atoms with Crippen molar-refractivity contribution in [3.63, 3.8) is 0 Å². The van der Waals surface area contributed by atoms with Crippen molar-refractivity contribution in [3.05, 3.63) is 24.2 Å². The number of hydrogen-bond acceptors (Lipinski definition) is 3. The molecule has 1 atom stereocenters. The fraction of sp³-hybridized carbons (Fsp3) is 0.684. The van der Waals surface area contributed by atoms with Gasteiger partial charge in [0.2, 0.25) is 11.8 Å². The Morgan fingerprint density at radius 1 is 1.29 bits per heavy atom. The molecule has 1 saturated carbocycles. The average Bonchev–Trinajstić information content (AvgIpc) is 3.11. The molecule has 5 heteroatoms. The Kier molecular flexibility index (Phi) is 7.35. The summed E-state index contributed by atoms with van der Waals surface area (Å²) in [6.45, 7) is 4.29. The van der Waals surface area contributed by atoms with Gasteiger partial charge in [-0.05, 0) is 50.7 Å². The summed E-state index contributed by atoms with van der Waals surface area (Å²) in [5.74, 6) is 1.37. The van der Waals surface area contributed by atoms with E-state index in [-0.39, 0.29) is 17.7 Å². The zero-order valence-corrected chi connectivity index (χ0v) is 14.8. The van der Waals surface area contributed by atoms with E-state index < -0.39 is 6.04 Å². The predicted molar refractivity (Wildman–Crippen MR) is 93.1 cm³/mol. The van der Waals surface area contributed by atoms with E-state index >= 15 is 0 Å². The van der Waals surface area contributed by atoms with Crippen LogP contribution in [-0.2, 0) is 16.1 Å². The number of amides is 2. The first kappa shape index (κ1) is 18.6. The first-order valence-corrected chi connectivity index (χ1v) is 9.20. The third-order valence-electron chi connectivity index (χ3n) is 4.95. The highest BCUT2D eigenvalue weighted by atomic mass is 16.3. The molecule has 0 aromatic carbocycles. The smallest absolute Gasteiger partial charge is 0.242 e. The Balaban J connectivity index is 1.68. The number of nitrogens with one attached hydrogen (secondary N) is 2. The molecule has 0 spiro atoms. The van der Waals surface area contributed by atoms with Crippen molar-refractivity contribution < 1.29 is 14.0 Å². The van der Waals surface area contributed by atoms with Gasteiger partial charge in [0.15, 0.2) is 0 Å². The summed E-state index contributed by atoms with van der Waals surface area (Å²) in [6, 6.07) is 3.06. The lowest BCUT2D eigenvalue weighted by Crippen LogP contribution is -2.47. The molecule has 0 bridgehead atoms. The topological polar surface area (TPSA) is 71.3 Å². The monoisotopic (exact) mass is 334 g/mol. The molecule has 1 unspecified atom stereocenters. The van der Waals surface area contributed by atoms with Gasteiger partial charge in [0, 0.05) is 5.92 Å². The maximum absolute atomic E-state index is 12.4. The third kappa shape index (κ3) is 5.69. The Labute approximate surface area is 144 Å². The third-order valence-corrected chi connectivity index (χ3v) is 4.95. The van der Waals surface area contributed by atoms with Gasteiger partial charge in [0.25, 0.3) is 0 Å². The van der Waals surface area contributed by atoms with E-state index in [9.17, 15) is 9.59 Å². The van der Waals surface area contributed by atoms with E-state index in [2.05, 4.69) is 17.6 Å². The normalized spacial score (nSPS) is 21.9. The second-order valence-electron chi connectivity index (χ2n) is 6.89. The van der Waals surface area contributed by atoms with E-state index in [1.165, 1.54) is 19.3 Å². The molecule has 1 aromatic heterocycles. The van der Waals surface area contributed by atoms with Gasteiger partial charge >= 0.3 is 0 Å². The fourth-order valence-electron chi connectivity index (χ4n) is 3.34. The van der Waals surface area contributed by atoms with Crippen LogP contribution in [-0.4, -0.2) is 17.9 Å². The Morgan fingerprint density at radius 2 is 2.04 bits per heavy atom. The molecular weight excluding hydrogens is 304 g/mol. The minimum Gasteiger partial charge on any atom is -0.467 e. The van der Waals surface area contributed by atoms with Crippen molar-refractivity contribution in [1.82, 2.24) is 10.6 Å². The highest BCUT2D eigenvalue weighted by molar-refractivity contribution is 5.88. The maximum atomic E-state index is 12.4. The van der Waals surface area contributed by atoms with Crippen LogP contribution in [0.3, 0.4) is 0 Å². The van der Waals surface area contributed by atoms with Crippen molar-refractivity contribution in [1.29, 1.82) is 0 Å². The van der Waals surface area contributed by atoms with Crippen molar-refractivity contribution in [2.75, 3.05) is 0 Å². The Bertz CT molecular complexity index is 505. The van der Waals surface area contributed by atoms with Gasteiger partial charge in [-0.2, -0.15) is 0 Å². The van der Waals surface area contributed by atoms with Crippen LogP contribution in [0.25, 0.3) is 0 Å². The van der Waals surface area contributed by atoms with Crippen molar-refractivity contribution >= 4 is 11.8 Å². The quantitative estimate of drug-likeness (QED) is 0.765. The lowest BCUT2D eigenvalue weighted by Gasteiger charge is -2.28. The van der Waals surface area contributed by atoms with Crippen LogP contribution in [0.1, 0.15) is 64.6 Å². The molecule has 1 heterocycles. The highest BCUT2D eigenvalue weighted by Gasteiger charge is 2.27. The summed E-state index contributed by atoms with van der Waals surface area (Å²) in [5.41, 5.74) is 0. The highest BCUT2D eigenvalue weighted by Crippen LogP contribution is 2.32. The molecular formula is C19H30N2O3. The average molecular weight is 334 g/mol. The number of unbranched alkanes of at least 4 members (excludes halogenated alkanes) is 1. The molecule has 0 saturated heterocycles. The van der Waals surface area contributed by atoms with Crippen LogP contribution in [0, 0.1) is 11.8 Å². The zero-order valence-electron chi connectivity index (χ0n) is 14.8. The SMILES string of the molecule is CCCCC1CCC(C(=O)NC(C)C(=O)NCc2ccco2)CC1.